The van der Waals surface area contributed by atoms with Crippen LogP contribution in [0.25, 0.3) is 6.08 Å². The summed E-state index contributed by atoms with van der Waals surface area (Å²) in [7, 11) is 0. The molecule has 0 fully saturated rings. The first-order valence-electron chi connectivity index (χ1n) is 9.02. The Morgan fingerprint density at radius 1 is 1.00 bits per heavy atom. The molecule has 2 aromatic heterocycles. The van der Waals surface area contributed by atoms with E-state index in [4.69, 9.17) is 0 Å². The summed E-state index contributed by atoms with van der Waals surface area (Å²) in [6.45, 7) is 0. The molecule has 1 atom stereocenters. The van der Waals surface area contributed by atoms with Crippen LogP contribution in [0.15, 0.2) is 96.7 Å². The summed E-state index contributed by atoms with van der Waals surface area (Å²) in [4.78, 5) is 35.5. The second-order valence-corrected chi connectivity index (χ2v) is 6.42. The number of aliphatic hydroxyl groups excluding tert-OH is 1. The van der Waals surface area contributed by atoms with Crippen molar-refractivity contribution in [2.75, 3.05) is 4.90 Å². The van der Waals surface area contributed by atoms with E-state index in [0.29, 0.717) is 11.4 Å². The van der Waals surface area contributed by atoms with Gasteiger partial charge in [-0.25, -0.2) is 4.98 Å². The Labute approximate surface area is 167 Å². The summed E-state index contributed by atoms with van der Waals surface area (Å²) >= 11 is 0. The zero-order chi connectivity index (χ0) is 20.2. The molecule has 0 radical (unpaired) electrons. The van der Waals surface area contributed by atoms with Gasteiger partial charge in [-0.15, -0.1) is 0 Å². The zero-order valence-electron chi connectivity index (χ0n) is 15.3. The maximum absolute atomic E-state index is 13.0. The minimum absolute atomic E-state index is 0.000772. The molecule has 0 aliphatic carbocycles. The number of ketones is 1. The molecule has 1 aliphatic rings. The number of amides is 1. The van der Waals surface area contributed by atoms with Gasteiger partial charge in [0.25, 0.3) is 5.91 Å². The van der Waals surface area contributed by atoms with E-state index in [1.807, 2.05) is 30.3 Å². The Morgan fingerprint density at radius 2 is 1.79 bits per heavy atom. The molecule has 0 saturated carbocycles. The minimum atomic E-state index is -0.820. The third kappa shape index (κ3) is 3.55. The number of carbonyl (C=O) groups excluding carboxylic acids is 2. The van der Waals surface area contributed by atoms with Crippen LogP contribution in [0, 0.1) is 0 Å². The summed E-state index contributed by atoms with van der Waals surface area (Å²) in [5, 5.41) is 10.6. The topological polar surface area (TPSA) is 83.4 Å². The van der Waals surface area contributed by atoms with E-state index < -0.39 is 23.5 Å². The summed E-state index contributed by atoms with van der Waals surface area (Å²) in [6.07, 6.45) is 7.73. The highest BCUT2D eigenvalue weighted by Crippen LogP contribution is 2.40. The van der Waals surface area contributed by atoms with Gasteiger partial charge in [0, 0.05) is 18.6 Å². The predicted molar refractivity (Wildman–Crippen MR) is 109 cm³/mol. The van der Waals surface area contributed by atoms with E-state index in [9.17, 15) is 14.7 Å². The van der Waals surface area contributed by atoms with E-state index in [1.54, 1.807) is 55.0 Å². The van der Waals surface area contributed by atoms with Crippen LogP contribution < -0.4 is 4.90 Å². The molecule has 3 aromatic rings. The van der Waals surface area contributed by atoms with Crippen molar-refractivity contribution < 1.29 is 14.7 Å². The molecular formula is C23H17N3O3. The second-order valence-electron chi connectivity index (χ2n) is 6.42. The highest BCUT2D eigenvalue weighted by molar-refractivity contribution is 6.19. The van der Waals surface area contributed by atoms with Crippen LogP contribution in [-0.4, -0.2) is 26.8 Å². The maximum atomic E-state index is 13.0. The van der Waals surface area contributed by atoms with Gasteiger partial charge in [-0.05, 0) is 35.4 Å². The third-order valence-electron chi connectivity index (χ3n) is 4.60. The first-order chi connectivity index (χ1) is 14.2. The van der Waals surface area contributed by atoms with Crippen molar-refractivity contribution in [3.63, 3.8) is 0 Å². The Balaban J connectivity index is 1.77. The number of hydrogen-bond acceptors (Lipinski definition) is 5. The van der Waals surface area contributed by atoms with Crippen molar-refractivity contribution in [2.45, 2.75) is 6.04 Å². The van der Waals surface area contributed by atoms with Gasteiger partial charge >= 0.3 is 0 Å². The third-order valence-corrected chi connectivity index (χ3v) is 4.60. The van der Waals surface area contributed by atoms with Crippen LogP contribution in [-0.2, 0) is 9.59 Å². The molecule has 6 nitrogen and oxygen atoms in total. The van der Waals surface area contributed by atoms with Crippen LogP contribution in [0.2, 0.25) is 0 Å². The van der Waals surface area contributed by atoms with E-state index in [2.05, 4.69) is 9.97 Å². The molecule has 3 heterocycles. The maximum Gasteiger partial charge on any atom is 0.295 e. The Kier molecular flexibility index (Phi) is 4.99. The van der Waals surface area contributed by atoms with E-state index in [0.717, 1.165) is 5.56 Å². The van der Waals surface area contributed by atoms with Gasteiger partial charge in [-0.1, -0.05) is 48.5 Å². The average molecular weight is 383 g/mol. The van der Waals surface area contributed by atoms with Gasteiger partial charge in [0.1, 0.15) is 5.82 Å². The second kappa shape index (κ2) is 7.90. The molecule has 4 rings (SSSR count). The Morgan fingerprint density at radius 3 is 2.48 bits per heavy atom. The number of anilines is 1. The molecule has 0 bridgehead atoms. The standard InChI is InChI=1S/C23H17N3O3/c27-18(12-11-16-7-2-1-3-8-16)20-21(17-9-6-13-24-15-17)26(23(29)22(20)28)19-10-4-5-14-25-19/h1-15,21,28H. The normalized spacial score (nSPS) is 16.6. The van der Waals surface area contributed by atoms with Gasteiger partial charge in [-0.3, -0.25) is 19.5 Å². The van der Waals surface area contributed by atoms with Gasteiger partial charge < -0.3 is 5.11 Å². The monoisotopic (exact) mass is 383 g/mol. The van der Waals surface area contributed by atoms with Crippen LogP contribution in [0.3, 0.4) is 0 Å². The van der Waals surface area contributed by atoms with Crippen molar-refractivity contribution in [1.29, 1.82) is 0 Å². The summed E-state index contributed by atoms with van der Waals surface area (Å²) < 4.78 is 0. The SMILES string of the molecule is O=C(C=Cc1ccccc1)C1=C(O)C(=O)N(c2ccccn2)C1c1cccnc1. The summed E-state index contributed by atoms with van der Waals surface area (Å²) in [6, 6.07) is 17.1. The summed E-state index contributed by atoms with van der Waals surface area (Å²) in [5.41, 5.74) is 1.44. The molecule has 1 N–H and O–H groups in total. The van der Waals surface area contributed by atoms with Crippen molar-refractivity contribution in [2.24, 2.45) is 0 Å². The van der Waals surface area contributed by atoms with Crippen LogP contribution in [0.4, 0.5) is 5.82 Å². The van der Waals surface area contributed by atoms with Gasteiger partial charge in [-0.2, -0.15) is 0 Å². The highest BCUT2D eigenvalue weighted by Gasteiger charge is 2.44. The average Bonchev–Trinajstić information content (AvgIpc) is 3.05. The number of pyridine rings is 2. The van der Waals surface area contributed by atoms with E-state index in [-0.39, 0.29) is 5.57 Å². The van der Waals surface area contributed by atoms with Crippen LogP contribution >= 0.6 is 0 Å². The van der Waals surface area contributed by atoms with Crippen LogP contribution in [0.5, 0.6) is 0 Å². The highest BCUT2D eigenvalue weighted by atomic mass is 16.3. The number of benzene rings is 1. The van der Waals surface area contributed by atoms with Gasteiger partial charge in [0.15, 0.2) is 11.5 Å². The molecule has 1 aliphatic heterocycles. The lowest BCUT2D eigenvalue weighted by molar-refractivity contribution is -0.117. The molecule has 6 heteroatoms. The number of rotatable bonds is 5. The largest absolute Gasteiger partial charge is 0.503 e. The van der Waals surface area contributed by atoms with Gasteiger partial charge in [0.05, 0.1) is 11.6 Å². The first kappa shape index (κ1) is 18.3. The minimum Gasteiger partial charge on any atom is -0.503 e. The van der Waals surface area contributed by atoms with E-state index in [1.165, 1.54) is 11.0 Å². The van der Waals surface area contributed by atoms with Crippen molar-refractivity contribution in [3.8, 4) is 0 Å². The molecule has 0 spiro atoms. The molecule has 142 valence electrons. The fraction of sp³-hybridized carbons (Fsp3) is 0.0435. The molecule has 1 aromatic carbocycles. The number of hydrogen-bond donors (Lipinski definition) is 1. The number of allylic oxidation sites excluding steroid dienone is 1. The fourth-order valence-electron chi connectivity index (χ4n) is 3.27. The first-order valence-corrected chi connectivity index (χ1v) is 9.02. The number of aromatic nitrogens is 2. The van der Waals surface area contributed by atoms with E-state index >= 15 is 0 Å². The van der Waals surface area contributed by atoms with Crippen molar-refractivity contribution >= 4 is 23.6 Å². The number of nitrogens with zero attached hydrogens (tertiary/aromatic N) is 3. The molecule has 1 unspecified atom stereocenters. The fourth-order valence-corrected chi connectivity index (χ4v) is 3.27. The molecular weight excluding hydrogens is 366 g/mol. The van der Waals surface area contributed by atoms with Gasteiger partial charge in [0.2, 0.25) is 0 Å². The Hall–Kier alpha value is -4.06. The lowest BCUT2D eigenvalue weighted by atomic mass is 9.96. The number of aliphatic hydroxyl groups is 1. The molecule has 1 amide bonds. The zero-order valence-corrected chi connectivity index (χ0v) is 15.3. The number of carbonyl (C=O) groups is 2. The quantitative estimate of drug-likeness (QED) is 0.680. The summed E-state index contributed by atoms with van der Waals surface area (Å²) in [5.74, 6) is -1.36. The smallest absolute Gasteiger partial charge is 0.295 e. The Bertz CT molecular complexity index is 1090. The lowest BCUT2D eigenvalue weighted by Crippen LogP contribution is -2.31. The lowest BCUT2D eigenvalue weighted by Gasteiger charge is -2.25. The van der Waals surface area contributed by atoms with Crippen molar-refractivity contribution in [1.82, 2.24) is 9.97 Å². The molecule has 0 saturated heterocycles. The predicted octanol–water partition coefficient (Wildman–Crippen LogP) is 3.66. The van der Waals surface area contributed by atoms with Crippen LogP contribution in [0.1, 0.15) is 17.2 Å². The molecule has 29 heavy (non-hydrogen) atoms. The van der Waals surface area contributed by atoms with Crippen molar-refractivity contribution in [3.05, 3.63) is 108 Å².